The second-order valence-corrected chi connectivity index (χ2v) is 5.01. The van der Waals surface area contributed by atoms with Crippen molar-refractivity contribution in [3.8, 4) is 11.5 Å². The van der Waals surface area contributed by atoms with E-state index in [1.165, 1.54) is 6.07 Å². The van der Waals surface area contributed by atoms with Gasteiger partial charge in [0.05, 0.1) is 0 Å². The highest BCUT2D eigenvalue weighted by Crippen LogP contribution is 2.30. The van der Waals surface area contributed by atoms with Crippen molar-refractivity contribution in [1.82, 2.24) is 4.90 Å². The minimum Gasteiger partial charge on any atom is -0.478 e. The molecule has 0 aliphatic carbocycles. The number of nitrogens with zero attached hydrogens (tertiary/aromatic N) is 1. The van der Waals surface area contributed by atoms with E-state index in [4.69, 9.17) is 10.5 Å². The van der Waals surface area contributed by atoms with Crippen LogP contribution in [-0.4, -0.2) is 30.1 Å². The Balaban J connectivity index is 2.37. The van der Waals surface area contributed by atoms with Gasteiger partial charge in [0.2, 0.25) is 0 Å². The summed E-state index contributed by atoms with van der Waals surface area (Å²) in [6.45, 7) is 0.702. The molecule has 0 bridgehead atoms. The van der Waals surface area contributed by atoms with E-state index in [0.717, 1.165) is 5.56 Å². The van der Waals surface area contributed by atoms with E-state index in [2.05, 4.69) is 0 Å². The zero-order valence-corrected chi connectivity index (χ0v) is 12.0. The van der Waals surface area contributed by atoms with Crippen LogP contribution in [0.4, 0.5) is 5.69 Å². The van der Waals surface area contributed by atoms with Gasteiger partial charge in [0.1, 0.15) is 17.1 Å². The van der Waals surface area contributed by atoms with E-state index in [-0.39, 0.29) is 11.3 Å². The molecule has 0 amide bonds. The van der Waals surface area contributed by atoms with Crippen molar-refractivity contribution in [1.29, 1.82) is 0 Å². The minimum absolute atomic E-state index is 0.0506. The number of carboxylic acids is 1. The number of carboxylic acid groups (broad SMARTS) is 1. The number of carbonyl (C=O) groups is 1. The molecule has 0 fully saturated rings. The number of hydrogen-bond acceptors (Lipinski definition) is 4. The summed E-state index contributed by atoms with van der Waals surface area (Å²) in [6, 6.07) is 12.1. The molecule has 0 saturated carbocycles. The van der Waals surface area contributed by atoms with Crippen molar-refractivity contribution in [2.45, 2.75) is 6.54 Å². The van der Waals surface area contributed by atoms with Crippen LogP contribution >= 0.6 is 0 Å². The van der Waals surface area contributed by atoms with E-state index in [1.807, 2.05) is 43.3 Å². The summed E-state index contributed by atoms with van der Waals surface area (Å²) >= 11 is 0. The third kappa shape index (κ3) is 3.73. The summed E-state index contributed by atoms with van der Waals surface area (Å²) in [7, 11) is 3.92. The van der Waals surface area contributed by atoms with E-state index in [1.54, 1.807) is 12.1 Å². The number of rotatable bonds is 5. The molecule has 0 aliphatic heterocycles. The maximum Gasteiger partial charge on any atom is 0.339 e. The lowest BCUT2D eigenvalue weighted by Crippen LogP contribution is -2.11. The first-order valence-corrected chi connectivity index (χ1v) is 6.50. The number of hydrogen-bond donors (Lipinski definition) is 2. The molecule has 0 atom stereocenters. The second-order valence-electron chi connectivity index (χ2n) is 5.01. The Morgan fingerprint density at radius 3 is 2.57 bits per heavy atom. The number of para-hydroxylation sites is 1. The smallest absolute Gasteiger partial charge is 0.339 e. The number of ether oxygens (including phenoxy) is 1. The molecule has 5 nitrogen and oxygen atoms in total. The molecular weight excluding hydrogens is 268 g/mol. The fraction of sp³-hybridized carbons (Fsp3) is 0.188. The molecule has 0 heterocycles. The van der Waals surface area contributed by atoms with Crippen LogP contribution in [0.1, 0.15) is 15.9 Å². The highest BCUT2D eigenvalue weighted by atomic mass is 16.5. The van der Waals surface area contributed by atoms with Gasteiger partial charge in [-0.2, -0.15) is 0 Å². The number of nitrogen functional groups attached to an aromatic ring is 1. The monoisotopic (exact) mass is 286 g/mol. The lowest BCUT2D eigenvalue weighted by molar-refractivity contribution is 0.0694. The first kappa shape index (κ1) is 14.9. The van der Waals surface area contributed by atoms with Crippen molar-refractivity contribution in [2.75, 3.05) is 19.8 Å². The molecule has 0 spiro atoms. The molecule has 0 unspecified atom stereocenters. The van der Waals surface area contributed by atoms with Gasteiger partial charge in [-0.05, 0) is 38.4 Å². The molecule has 2 rings (SSSR count). The largest absolute Gasteiger partial charge is 0.478 e. The third-order valence-electron chi connectivity index (χ3n) is 2.91. The molecular formula is C16H18N2O3. The quantitative estimate of drug-likeness (QED) is 0.827. The first-order valence-electron chi connectivity index (χ1n) is 6.50. The van der Waals surface area contributed by atoms with Gasteiger partial charge in [-0.25, -0.2) is 4.79 Å². The first-order chi connectivity index (χ1) is 9.97. The van der Waals surface area contributed by atoms with Gasteiger partial charge < -0.3 is 20.5 Å². The molecule has 2 aromatic rings. The Kier molecular flexibility index (Phi) is 4.45. The van der Waals surface area contributed by atoms with Gasteiger partial charge in [-0.1, -0.05) is 18.2 Å². The molecule has 0 aromatic heterocycles. The zero-order valence-electron chi connectivity index (χ0n) is 12.0. The number of nitrogens with two attached hydrogens (primary N) is 1. The van der Waals surface area contributed by atoms with Crippen LogP contribution in [-0.2, 0) is 6.54 Å². The molecule has 0 saturated heterocycles. The van der Waals surface area contributed by atoms with Gasteiger partial charge in [0.15, 0.2) is 0 Å². The van der Waals surface area contributed by atoms with Crippen LogP contribution in [0.3, 0.4) is 0 Å². The topological polar surface area (TPSA) is 75.8 Å². The van der Waals surface area contributed by atoms with Crippen LogP contribution in [0, 0.1) is 0 Å². The lowest BCUT2D eigenvalue weighted by atomic mass is 10.1. The van der Waals surface area contributed by atoms with Crippen LogP contribution < -0.4 is 10.5 Å². The molecule has 5 heteroatoms. The van der Waals surface area contributed by atoms with Crippen LogP contribution in [0.2, 0.25) is 0 Å². The predicted octanol–water partition coefficient (Wildman–Crippen LogP) is 2.82. The third-order valence-corrected chi connectivity index (χ3v) is 2.91. The van der Waals surface area contributed by atoms with Gasteiger partial charge in [-0.15, -0.1) is 0 Å². The molecule has 3 N–H and O–H groups in total. The number of benzene rings is 2. The summed E-state index contributed by atoms with van der Waals surface area (Å²) in [5.41, 5.74) is 7.05. The van der Waals surface area contributed by atoms with Gasteiger partial charge >= 0.3 is 5.97 Å². The lowest BCUT2D eigenvalue weighted by Gasteiger charge is -2.15. The van der Waals surface area contributed by atoms with Gasteiger partial charge in [-0.3, -0.25) is 0 Å². The molecule has 21 heavy (non-hydrogen) atoms. The van der Waals surface area contributed by atoms with E-state index in [0.29, 0.717) is 18.0 Å². The fourth-order valence-electron chi connectivity index (χ4n) is 2.00. The van der Waals surface area contributed by atoms with Crippen LogP contribution in [0.15, 0.2) is 42.5 Å². The van der Waals surface area contributed by atoms with E-state index < -0.39 is 5.97 Å². The number of anilines is 1. The summed E-state index contributed by atoms with van der Waals surface area (Å²) in [6.07, 6.45) is 0. The second kappa shape index (κ2) is 6.28. The minimum atomic E-state index is -1.07. The molecule has 0 aliphatic rings. The van der Waals surface area contributed by atoms with E-state index in [9.17, 15) is 9.90 Å². The van der Waals surface area contributed by atoms with Gasteiger partial charge in [0, 0.05) is 17.8 Å². The molecule has 110 valence electrons. The Hall–Kier alpha value is -2.53. The maximum absolute atomic E-state index is 11.3. The molecule has 0 radical (unpaired) electrons. The average Bonchev–Trinajstić information content (AvgIpc) is 2.42. The van der Waals surface area contributed by atoms with Crippen molar-refractivity contribution in [2.24, 2.45) is 0 Å². The summed E-state index contributed by atoms with van der Waals surface area (Å²) in [4.78, 5) is 13.3. The summed E-state index contributed by atoms with van der Waals surface area (Å²) in [5.74, 6) is -0.149. The van der Waals surface area contributed by atoms with Crippen LogP contribution in [0.5, 0.6) is 11.5 Å². The Bertz CT molecular complexity index is 654. The summed E-state index contributed by atoms with van der Waals surface area (Å²) in [5, 5.41) is 9.24. The Morgan fingerprint density at radius 1 is 1.19 bits per heavy atom. The molecule has 2 aromatic carbocycles. The average molecular weight is 286 g/mol. The Morgan fingerprint density at radius 2 is 1.90 bits per heavy atom. The van der Waals surface area contributed by atoms with Gasteiger partial charge in [0.25, 0.3) is 0 Å². The van der Waals surface area contributed by atoms with Crippen molar-refractivity contribution < 1.29 is 14.6 Å². The van der Waals surface area contributed by atoms with Crippen molar-refractivity contribution in [3.05, 3.63) is 53.6 Å². The normalized spacial score (nSPS) is 10.6. The predicted molar refractivity (Wildman–Crippen MR) is 81.7 cm³/mol. The standard InChI is InChI=1S/C16H18N2O3/c1-18(2)10-11-5-3-4-6-14(11)21-15-8-7-12(17)9-13(15)16(19)20/h3-9H,10,17H2,1-2H3,(H,19,20). The van der Waals surface area contributed by atoms with Crippen molar-refractivity contribution in [3.63, 3.8) is 0 Å². The zero-order chi connectivity index (χ0) is 15.4. The highest BCUT2D eigenvalue weighted by Gasteiger charge is 2.14. The maximum atomic E-state index is 11.3. The van der Waals surface area contributed by atoms with E-state index >= 15 is 0 Å². The highest BCUT2D eigenvalue weighted by molar-refractivity contribution is 5.92. The SMILES string of the molecule is CN(C)Cc1ccccc1Oc1ccc(N)cc1C(=O)O. The fourth-order valence-corrected chi connectivity index (χ4v) is 2.00. The Labute approximate surface area is 123 Å². The van der Waals surface area contributed by atoms with Crippen molar-refractivity contribution >= 4 is 11.7 Å². The summed E-state index contributed by atoms with van der Waals surface area (Å²) < 4.78 is 5.79. The number of aromatic carboxylic acids is 1. The van der Waals surface area contributed by atoms with Crippen LogP contribution in [0.25, 0.3) is 0 Å².